The van der Waals surface area contributed by atoms with Crippen molar-refractivity contribution in [2.75, 3.05) is 0 Å². The highest BCUT2D eigenvalue weighted by Crippen LogP contribution is 2.32. The van der Waals surface area contributed by atoms with Crippen LogP contribution in [0.3, 0.4) is 0 Å². The van der Waals surface area contributed by atoms with Gasteiger partial charge >= 0.3 is 12.1 Å². The molecule has 180 valence electrons. The van der Waals surface area contributed by atoms with Gasteiger partial charge < -0.3 is 9.26 Å². The Hall–Kier alpha value is -3.25. The van der Waals surface area contributed by atoms with E-state index in [0.29, 0.717) is 5.56 Å². The number of aromatic nitrogens is 2. The van der Waals surface area contributed by atoms with Gasteiger partial charge in [-0.05, 0) is 56.5 Å². The van der Waals surface area contributed by atoms with Crippen molar-refractivity contribution in [2.45, 2.75) is 49.9 Å². The van der Waals surface area contributed by atoms with Crippen molar-refractivity contribution in [3.8, 4) is 11.4 Å². The van der Waals surface area contributed by atoms with E-state index in [0.717, 1.165) is 25.0 Å². The molecule has 1 atom stereocenters. The Bertz CT molecular complexity index is 1330. The van der Waals surface area contributed by atoms with Crippen LogP contribution in [-0.2, 0) is 20.9 Å². The number of hydrogen-bond acceptors (Lipinski definition) is 7. The van der Waals surface area contributed by atoms with Crippen molar-refractivity contribution in [1.29, 1.82) is 0 Å². The molecular weight excluding hydrogens is 475 g/mol. The van der Waals surface area contributed by atoms with Crippen LogP contribution < -0.4 is 4.72 Å². The van der Waals surface area contributed by atoms with Gasteiger partial charge in [-0.1, -0.05) is 23.4 Å². The average molecular weight is 495 g/mol. The molecule has 1 aliphatic rings. The van der Waals surface area contributed by atoms with Crippen LogP contribution in [-0.4, -0.2) is 30.6 Å². The third-order valence-corrected chi connectivity index (χ3v) is 6.68. The fourth-order valence-corrected chi connectivity index (χ4v) is 4.43. The van der Waals surface area contributed by atoms with Crippen molar-refractivity contribution in [3.63, 3.8) is 0 Å². The van der Waals surface area contributed by atoms with Gasteiger partial charge in [-0.2, -0.15) is 18.2 Å². The Balaban J connectivity index is 1.51. The second-order valence-corrected chi connectivity index (χ2v) is 9.67. The van der Waals surface area contributed by atoms with Crippen LogP contribution in [0.15, 0.2) is 51.9 Å². The Morgan fingerprint density at radius 3 is 2.62 bits per heavy atom. The Morgan fingerprint density at radius 2 is 1.94 bits per heavy atom. The lowest BCUT2D eigenvalue weighted by Crippen LogP contribution is -2.26. The zero-order valence-corrected chi connectivity index (χ0v) is 18.9. The summed E-state index contributed by atoms with van der Waals surface area (Å²) in [5.41, 5.74) is -0.238. The molecule has 12 heteroatoms. The van der Waals surface area contributed by atoms with Gasteiger partial charge in [-0.15, -0.1) is 0 Å². The number of benzene rings is 2. The maximum absolute atomic E-state index is 13.0. The molecule has 0 amide bonds. The van der Waals surface area contributed by atoms with E-state index in [-0.39, 0.29) is 33.8 Å². The Morgan fingerprint density at radius 1 is 1.21 bits per heavy atom. The molecule has 0 aliphatic heterocycles. The minimum atomic E-state index is -4.53. The fourth-order valence-electron chi connectivity index (χ4n) is 3.10. The lowest BCUT2D eigenvalue weighted by Gasteiger charge is -2.12. The van der Waals surface area contributed by atoms with E-state index in [1.165, 1.54) is 37.3 Å². The number of esters is 1. The van der Waals surface area contributed by atoms with Crippen molar-refractivity contribution in [1.82, 2.24) is 14.9 Å². The first-order chi connectivity index (χ1) is 15.9. The van der Waals surface area contributed by atoms with E-state index < -0.39 is 33.8 Å². The number of carbonyl (C=O) groups excluding carboxylic acids is 1. The number of sulfonamides is 1. The highest BCUT2D eigenvalue weighted by Gasteiger charge is 2.31. The van der Waals surface area contributed by atoms with Crippen LogP contribution >= 0.6 is 0 Å². The number of ether oxygens (including phenoxy) is 1. The summed E-state index contributed by atoms with van der Waals surface area (Å²) in [5, 5.41) is 3.68. The molecule has 1 fully saturated rings. The molecule has 0 saturated heterocycles. The number of carbonyl (C=O) groups is 1. The van der Waals surface area contributed by atoms with Gasteiger partial charge in [0.2, 0.25) is 15.8 Å². The van der Waals surface area contributed by atoms with Crippen LogP contribution in [0.5, 0.6) is 0 Å². The van der Waals surface area contributed by atoms with Gasteiger partial charge in [0, 0.05) is 11.6 Å². The fraction of sp³-hybridized carbons (Fsp3) is 0.318. The smallest absolute Gasteiger partial charge is 0.416 e. The number of aryl methyl sites for hydroxylation is 1. The number of alkyl halides is 3. The van der Waals surface area contributed by atoms with E-state index in [2.05, 4.69) is 14.9 Å². The predicted octanol–water partition coefficient (Wildman–Crippen LogP) is 4.42. The SMILES string of the molecule is Cc1ccc(S(=O)(=O)NC2CC2)cc1C(=O)OC(C)c1nc(-c2cccc(C(F)(F)F)c2)no1. The molecular formula is C22H20F3N3O5S. The highest BCUT2D eigenvalue weighted by atomic mass is 32.2. The molecule has 8 nitrogen and oxygen atoms in total. The summed E-state index contributed by atoms with van der Waals surface area (Å²) in [6.45, 7) is 3.08. The number of halogens is 3. The van der Waals surface area contributed by atoms with Crippen LogP contribution in [0.25, 0.3) is 11.4 Å². The minimum absolute atomic E-state index is 0.0446. The minimum Gasteiger partial charge on any atom is -0.449 e. The molecule has 1 aromatic heterocycles. The van der Waals surface area contributed by atoms with E-state index in [4.69, 9.17) is 9.26 Å². The maximum atomic E-state index is 13.0. The molecule has 0 bridgehead atoms. The largest absolute Gasteiger partial charge is 0.449 e. The van der Waals surface area contributed by atoms with E-state index in [9.17, 15) is 26.4 Å². The number of nitrogens with one attached hydrogen (secondary N) is 1. The van der Waals surface area contributed by atoms with Gasteiger partial charge in [0.25, 0.3) is 5.89 Å². The molecule has 1 aliphatic carbocycles. The summed E-state index contributed by atoms with van der Waals surface area (Å²) < 4.78 is 76.8. The van der Waals surface area contributed by atoms with Crippen LogP contribution in [0.2, 0.25) is 0 Å². The first kappa shape index (κ1) is 23.9. The summed E-state index contributed by atoms with van der Waals surface area (Å²) in [6.07, 6.45) is -4.03. The van der Waals surface area contributed by atoms with Crippen LogP contribution in [0.1, 0.15) is 53.2 Å². The van der Waals surface area contributed by atoms with Crippen molar-refractivity contribution < 1.29 is 35.6 Å². The molecule has 0 spiro atoms. The standard InChI is InChI=1S/C22H20F3N3O5S/c1-12-6-9-17(34(30,31)28-16-7-8-16)11-18(12)21(29)32-13(2)20-26-19(27-33-20)14-4-3-5-15(10-14)22(23,24)25/h3-6,9-11,13,16,28H,7-8H2,1-2H3. The number of rotatable bonds is 7. The molecule has 4 rings (SSSR count). The molecule has 1 unspecified atom stereocenters. The Labute approximate surface area is 193 Å². The van der Waals surface area contributed by atoms with E-state index in [1.807, 2.05) is 0 Å². The van der Waals surface area contributed by atoms with Gasteiger partial charge in [0.05, 0.1) is 16.0 Å². The molecule has 0 radical (unpaired) electrons. The maximum Gasteiger partial charge on any atom is 0.416 e. The average Bonchev–Trinajstić information content (AvgIpc) is 3.43. The second-order valence-electron chi connectivity index (χ2n) is 7.95. The first-order valence-electron chi connectivity index (χ1n) is 10.3. The van der Waals surface area contributed by atoms with Gasteiger partial charge in [-0.25, -0.2) is 17.9 Å². The monoisotopic (exact) mass is 495 g/mol. The van der Waals surface area contributed by atoms with Crippen LogP contribution in [0, 0.1) is 6.92 Å². The molecule has 1 N–H and O–H groups in total. The van der Waals surface area contributed by atoms with Crippen molar-refractivity contribution in [3.05, 3.63) is 65.0 Å². The highest BCUT2D eigenvalue weighted by molar-refractivity contribution is 7.89. The summed E-state index contributed by atoms with van der Waals surface area (Å²) in [6, 6.07) is 8.47. The van der Waals surface area contributed by atoms with E-state index in [1.54, 1.807) is 6.92 Å². The molecule has 34 heavy (non-hydrogen) atoms. The number of hydrogen-bond donors (Lipinski definition) is 1. The summed E-state index contributed by atoms with van der Waals surface area (Å²) in [7, 11) is -3.77. The van der Waals surface area contributed by atoms with Gasteiger partial charge in [0.15, 0.2) is 6.10 Å². The molecule has 3 aromatic rings. The Kier molecular flexibility index (Phi) is 6.21. The van der Waals surface area contributed by atoms with Gasteiger partial charge in [-0.3, -0.25) is 0 Å². The molecule has 1 heterocycles. The summed E-state index contributed by atoms with van der Waals surface area (Å²) in [5.74, 6) is -1.04. The van der Waals surface area contributed by atoms with Crippen molar-refractivity contribution >= 4 is 16.0 Å². The lowest BCUT2D eigenvalue weighted by atomic mass is 10.1. The van der Waals surface area contributed by atoms with Crippen molar-refractivity contribution in [2.24, 2.45) is 0 Å². The zero-order valence-electron chi connectivity index (χ0n) is 18.1. The summed E-state index contributed by atoms with van der Waals surface area (Å²) >= 11 is 0. The third kappa shape index (κ3) is 5.28. The topological polar surface area (TPSA) is 111 Å². The lowest BCUT2D eigenvalue weighted by molar-refractivity contribution is -0.137. The predicted molar refractivity (Wildman–Crippen MR) is 113 cm³/mol. The van der Waals surface area contributed by atoms with Gasteiger partial charge in [0.1, 0.15) is 0 Å². The first-order valence-corrected chi connectivity index (χ1v) is 11.8. The number of nitrogens with zero attached hydrogens (tertiary/aromatic N) is 2. The molecule has 1 saturated carbocycles. The second kappa shape index (κ2) is 8.84. The zero-order chi connectivity index (χ0) is 24.7. The third-order valence-electron chi connectivity index (χ3n) is 5.16. The van der Waals surface area contributed by atoms with E-state index >= 15 is 0 Å². The quantitative estimate of drug-likeness (QED) is 0.483. The summed E-state index contributed by atoms with van der Waals surface area (Å²) in [4.78, 5) is 16.7. The van der Waals surface area contributed by atoms with Crippen LogP contribution in [0.4, 0.5) is 13.2 Å². The normalized spacial score (nSPS) is 15.2. The molecule has 2 aromatic carbocycles.